The first kappa shape index (κ1) is 21.6. The van der Waals surface area contributed by atoms with E-state index >= 15 is 0 Å². The molecule has 11 heteroatoms. The minimum absolute atomic E-state index is 0.121. The summed E-state index contributed by atoms with van der Waals surface area (Å²) in [5, 5.41) is 11.5. The standard InChI is InChI=1S/C18H16ClF3N2O4S/c19-13-4-3-10(18(26)23-11-7-14(20)17(22)15(21)8-11)6-16(13)29(27,28)24-5-1-2-12(24)9-25/h3-4,6-8,12,25H,1-2,5,9H2,(H,23,26). The molecule has 3 rings (SSSR count). The van der Waals surface area contributed by atoms with Gasteiger partial charge in [0, 0.05) is 36.0 Å². The van der Waals surface area contributed by atoms with E-state index in [1.165, 1.54) is 12.1 Å². The maximum absolute atomic E-state index is 13.3. The van der Waals surface area contributed by atoms with Gasteiger partial charge in [-0.3, -0.25) is 4.79 Å². The number of amides is 1. The predicted octanol–water partition coefficient (Wildman–Crippen LogP) is 3.16. The van der Waals surface area contributed by atoms with Crippen LogP contribution < -0.4 is 5.32 Å². The highest BCUT2D eigenvalue weighted by Crippen LogP contribution is 2.31. The molecule has 0 aromatic heterocycles. The molecule has 1 heterocycles. The summed E-state index contributed by atoms with van der Waals surface area (Å²) in [5.74, 6) is -5.51. The number of aliphatic hydroxyl groups is 1. The first-order valence-corrected chi connectivity index (χ1v) is 10.3. The summed E-state index contributed by atoms with van der Waals surface area (Å²) in [4.78, 5) is 12.1. The summed E-state index contributed by atoms with van der Waals surface area (Å²) < 4.78 is 66.7. The summed E-state index contributed by atoms with van der Waals surface area (Å²) in [6.07, 6.45) is 1.07. The maximum atomic E-state index is 13.3. The van der Waals surface area contributed by atoms with Gasteiger partial charge in [0.25, 0.3) is 5.91 Å². The lowest BCUT2D eigenvalue weighted by Gasteiger charge is -2.23. The van der Waals surface area contributed by atoms with Crippen molar-refractivity contribution in [3.8, 4) is 0 Å². The van der Waals surface area contributed by atoms with E-state index in [0.29, 0.717) is 25.0 Å². The molecule has 1 amide bonds. The van der Waals surface area contributed by atoms with Crippen LogP contribution in [0.1, 0.15) is 23.2 Å². The third-order valence-electron chi connectivity index (χ3n) is 4.56. The molecule has 1 unspecified atom stereocenters. The summed E-state index contributed by atoms with van der Waals surface area (Å²) in [7, 11) is -4.09. The minimum atomic E-state index is -4.09. The van der Waals surface area contributed by atoms with Crippen LogP contribution in [0.5, 0.6) is 0 Å². The van der Waals surface area contributed by atoms with E-state index < -0.39 is 39.4 Å². The van der Waals surface area contributed by atoms with Gasteiger partial charge in [-0.15, -0.1) is 0 Å². The van der Waals surface area contributed by atoms with E-state index in [1.54, 1.807) is 0 Å². The van der Waals surface area contributed by atoms with Crippen molar-refractivity contribution < 1.29 is 31.5 Å². The Labute approximate surface area is 169 Å². The highest BCUT2D eigenvalue weighted by Gasteiger charge is 2.36. The lowest BCUT2D eigenvalue weighted by Crippen LogP contribution is -2.37. The fourth-order valence-electron chi connectivity index (χ4n) is 3.11. The Bertz CT molecular complexity index is 1040. The number of aliphatic hydroxyl groups excluding tert-OH is 1. The van der Waals surface area contributed by atoms with Gasteiger partial charge in [0.1, 0.15) is 4.90 Å². The van der Waals surface area contributed by atoms with Crippen LogP contribution in [-0.2, 0) is 10.0 Å². The summed E-state index contributed by atoms with van der Waals surface area (Å²) in [6.45, 7) is -0.146. The largest absolute Gasteiger partial charge is 0.395 e. The van der Waals surface area contributed by atoms with Gasteiger partial charge in [0.2, 0.25) is 10.0 Å². The van der Waals surface area contributed by atoms with Crippen molar-refractivity contribution in [3.05, 3.63) is 58.4 Å². The highest BCUT2D eigenvalue weighted by molar-refractivity contribution is 7.89. The number of nitrogens with zero attached hydrogens (tertiary/aromatic N) is 1. The molecular weight excluding hydrogens is 433 g/mol. The van der Waals surface area contributed by atoms with Crippen molar-refractivity contribution in [1.82, 2.24) is 4.31 Å². The number of benzene rings is 2. The molecule has 1 fully saturated rings. The molecule has 29 heavy (non-hydrogen) atoms. The van der Waals surface area contributed by atoms with E-state index in [4.69, 9.17) is 11.6 Å². The topological polar surface area (TPSA) is 86.7 Å². The van der Waals surface area contributed by atoms with Crippen molar-refractivity contribution in [1.29, 1.82) is 0 Å². The van der Waals surface area contributed by atoms with E-state index in [-0.39, 0.29) is 34.3 Å². The minimum Gasteiger partial charge on any atom is -0.395 e. The molecule has 0 spiro atoms. The van der Waals surface area contributed by atoms with Gasteiger partial charge in [-0.25, -0.2) is 21.6 Å². The SMILES string of the molecule is O=C(Nc1cc(F)c(F)c(F)c1)c1ccc(Cl)c(S(=O)(=O)N2CCCC2CO)c1. The molecule has 1 aliphatic heterocycles. The number of carbonyl (C=O) groups is 1. The second kappa shape index (κ2) is 8.31. The second-order valence-corrected chi connectivity index (χ2v) is 8.71. The molecule has 1 saturated heterocycles. The van der Waals surface area contributed by atoms with Crippen LogP contribution in [0.15, 0.2) is 35.2 Å². The van der Waals surface area contributed by atoms with E-state index in [9.17, 15) is 31.5 Å². The monoisotopic (exact) mass is 448 g/mol. The Kier molecular flexibility index (Phi) is 6.18. The number of hydrogen-bond acceptors (Lipinski definition) is 4. The van der Waals surface area contributed by atoms with Crippen molar-refractivity contribution in [2.24, 2.45) is 0 Å². The van der Waals surface area contributed by atoms with Gasteiger partial charge in [-0.1, -0.05) is 11.6 Å². The Morgan fingerprint density at radius 3 is 2.48 bits per heavy atom. The van der Waals surface area contributed by atoms with Gasteiger partial charge < -0.3 is 10.4 Å². The molecular formula is C18H16ClF3N2O4S. The summed E-state index contributed by atoms with van der Waals surface area (Å²) in [6, 6.07) is 4.09. The smallest absolute Gasteiger partial charge is 0.255 e. The van der Waals surface area contributed by atoms with Crippen LogP contribution in [-0.4, -0.2) is 42.9 Å². The number of nitrogens with one attached hydrogen (secondary N) is 1. The van der Waals surface area contributed by atoms with Crippen molar-refractivity contribution in [2.75, 3.05) is 18.5 Å². The zero-order valence-corrected chi connectivity index (χ0v) is 16.4. The molecule has 6 nitrogen and oxygen atoms in total. The van der Waals surface area contributed by atoms with Gasteiger partial charge in [-0.2, -0.15) is 4.31 Å². The average molecular weight is 449 g/mol. The Morgan fingerprint density at radius 2 is 1.86 bits per heavy atom. The Balaban J connectivity index is 1.92. The van der Waals surface area contributed by atoms with Crippen LogP contribution in [0.4, 0.5) is 18.9 Å². The molecule has 2 aromatic carbocycles. The molecule has 2 N–H and O–H groups in total. The molecule has 156 valence electrons. The lowest BCUT2D eigenvalue weighted by atomic mass is 10.2. The number of sulfonamides is 1. The molecule has 1 aliphatic rings. The summed E-state index contributed by atoms with van der Waals surface area (Å²) >= 11 is 6.03. The fraction of sp³-hybridized carbons (Fsp3) is 0.278. The Morgan fingerprint density at radius 1 is 1.21 bits per heavy atom. The number of rotatable bonds is 5. The first-order chi connectivity index (χ1) is 13.6. The van der Waals surface area contributed by atoms with Crippen LogP contribution in [0.25, 0.3) is 0 Å². The van der Waals surface area contributed by atoms with Gasteiger partial charge in [0.15, 0.2) is 17.5 Å². The van der Waals surface area contributed by atoms with Gasteiger partial charge in [0.05, 0.1) is 11.6 Å². The average Bonchev–Trinajstić information content (AvgIpc) is 3.16. The molecule has 0 radical (unpaired) electrons. The normalized spacial score (nSPS) is 17.5. The highest BCUT2D eigenvalue weighted by atomic mass is 35.5. The van der Waals surface area contributed by atoms with Crippen LogP contribution in [0.2, 0.25) is 5.02 Å². The first-order valence-electron chi connectivity index (χ1n) is 8.53. The zero-order valence-electron chi connectivity index (χ0n) is 14.8. The van der Waals surface area contributed by atoms with E-state index in [2.05, 4.69) is 5.32 Å². The number of hydrogen-bond donors (Lipinski definition) is 2. The predicted molar refractivity (Wildman–Crippen MR) is 99.7 cm³/mol. The Hall–Kier alpha value is -2.14. The fourth-order valence-corrected chi connectivity index (χ4v) is 5.29. The summed E-state index contributed by atoms with van der Waals surface area (Å²) in [5.41, 5.74) is -0.483. The lowest BCUT2D eigenvalue weighted by molar-refractivity contribution is 0.102. The molecule has 0 saturated carbocycles. The molecule has 2 aromatic rings. The van der Waals surface area contributed by atoms with Crippen molar-refractivity contribution >= 4 is 33.2 Å². The number of anilines is 1. The number of halogens is 4. The molecule has 0 aliphatic carbocycles. The second-order valence-electron chi connectivity index (χ2n) is 6.45. The van der Waals surface area contributed by atoms with Gasteiger partial charge >= 0.3 is 0 Å². The quantitative estimate of drug-likeness (QED) is 0.688. The van der Waals surface area contributed by atoms with E-state index in [0.717, 1.165) is 10.4 Å². The molecule has 1 atom stereocenters. The van der Waals surface area contributed by atoms with Crippen LogP contribution in [0.3, 0.4) is 0 Å². The third kappa shape index (κ3) is 4.25. The maximum Gasteiger partial charge on any atom is 0.255 e. The van der Waals surface area contributed by atoms with Crippen molar-refractivity contribution in [3.63, 3.8) is 0 Å². The third-order valence-corrected chi connectivity index (χ3v) is 6.99. The van der Waals surface area contributed by atoms with Gasteiger partial charge in [-0.05, 0) is 31.0 Å². The van der Waals surface area contributed by atoms with Crippen LogP contribution in [0, 0.1) is 17.5 Å². The van der Waals surface area contributed by atoms with E-state index in [1.807, 2.05) is 0 Å². The van der Waals surface area contributed by atoms with Crippen LogP contribution >= 0.6 is 11.6 Å². The molecule has 0 bridgehead atoms. The number of carbonyl (C=O) groups excluding carboxylic acids is 1. The zero-order chi connectivity index (χ0) is 21.3. The van der Waals surface area contributed by atoms with Crippen molar-refractivity contribution in [2.45, 2.75) is 23.8 Å².